The van der Waals surface area contributed by atoms with Gasteiger partial charge in [0.1, 0.15) is 0 Å². The van der Waals surface area contributed by atoms with Gasteiger partial charge < -0.3 is 14.1 Å². The predicted molar refractivity (Wildman–Crippen MR) is 118 cm³/mol. The van der Waals surface area contributed by atoms with E-state index in [0.717, 1.165) is 12.0 Å². The molecule has 6 heteroatoms. The van der Waals surface area contributed by atoms with Crippen LogP contribution in [0, 0.1) is 0 Å². The molecule has 0 aliphatic carbocycles. The maximum absolute atomic E-state index is 13.2. The molecule has 1 fully saturated rings. The van der Waals surface area contributed by atoms with Gasteiger partial charge in [0.2, 0.25) is 0 Å². The van der Waals surface area contributed by atoms with Gasteiger partial charge >= 0.3 is 5.97 Å². The van der Waals surface area contributed by atoms with Gasteiger partial charge in [-0.25, -0.2) is 4.79 Å². The molecule has 1 aliphatic rings. The number of hydrogen-bond acceptors (Lipinski definition) is 4. The number of piperidine rings is 1. The Labute approximate surface area is 176 Å². The first kappa shape index (κ1) is 23.4. The SMILES string of the molecule is CCOC(=O)/C=C1/CCCN(C(CO[Si](C)(C)C(C)(C)C)c2ccccc2)C1=O. The average Bonchev–Trinajstić information content (AvgIpc) is 2.65. The molecule has 1 amide bonds. The highest BCUT2D eigenvalue weighted by Gasteiger charge is 2.39. The normalized spacial score (nSPS) is 18.1. The summed E-state index contributed by atoms with van der Waals surface area (Å²) in [6.07, 6.45) is 2.77. The van der Waals surface area contributed by atoms with E-state index in [1.807, 2.05) is 35.2 Å². The van der Waals surface area contributed by atoms with Crippen LogP contribution in [-0.4, -0.2) is 44.9 Å². The Kier molecular flexibility index (Phi) is 7.83. The maximum Gasteiger partial charge on any atom is 0.331 e. The number of esters is 1. The first-order valence-corrected chi connectivity index (χ1v) is 13.3. The van der Waals surface area contributed by atoms with Gasteiger partial charge in [0.05, 0.1) is 19.3 Å². The Morgan fingerprint density at radius 2 is 1.90 bits per heavy atom. The van der Waals surface area contributed by atoms with Crippen LogP contribution in [0.3, 0.4) is 0 Å². The van der Waals surface area contributed by atoms with Crippen LogP contribution in [-0.2, 0) is 18.8 Å². The van der Waals surface area contributed by atoms with E-state index in [-0.39, 0.29) is 17.0 Å². The fraction of sp³-hybridized carbons (Fsp3) is 0.565. The lowest BCUT2D eigenvalue weighted by Crippen LogP contribution is -2.46. The van der Waals surface area contributed by atoms with Crippen LogP contribution in [0.2, 0.25) is 18.1 Å². The predicted octanol–water partition coefficient (Wildman–Crippen LogP) is 4.86. The topological polar surface area (TPSA) is 55.8 Å². The van der Waals surface area contributed by atoms with E-state index in [1.165, 1.54) is 6.08 Å². The summed E-state index contributed by atoms with van der Waals surface area (Å²) in [5.74, 6) is -0.552. The zero-order valence-electron chi connectivity index (χ0n) is 18.7. The van der Waals surface area contributed by atoms with Gasteiger partial charge in [0, 0.05) is 18.2 Å². The third-order valence-corrected chi connectivity index (χ3v) is 10.4. The van der Waals surface area contributed by atoms with Crippen molar-refractivity contribution in [1.29, 1.82) is 0 Å². The molecule has 2 rings (SSSR count). The average molecular weight is 418 g/mol. The molecule has 1 atom stereocenters. The summed E-state index contributed by atoms with van der Waals surface area (Å²) in [4.78, 5) is 26.9. The van der Waals surface area contributed by atoms with Gasteiger partial charge in [-0.3, -0.25) is 4.79 Å². The number of rotatable bonds is 7. The fourth-order valence-electron chi connectivity index (χ4n) is 3.14. The quantitative estimate of drug-likeness (QED) is 0.361. The summed E-state index contributed by atoms with van der Waals surface area (Å²) in [5.41, 5.74) is 1.57. The van der Waals surface area contributed by atoms with Crippen LogP contribution in [0.25, 0.3) is 0 Å². The number of nitrogens with zero attached hydrogens (tertiary/aromatic N) is 1. The number of carbonyl (C=O) groups is 2. The summed E-state index contributed by atoms with van der Waals surface area (Å²) >= 11 is 0. The molecule has 1 saturated heterocycles. The number of amides is 1. The molecule has 1 aromatic rings. The summed E-state index contributed by atoms with van der Waals surface area (Å²) in [7, 11) is -1.97. The second-order valence-corrected chi connectivity index (χ2v) is 13.8. The molecule has 0 aromatic heterocycles. The van der Waals surface area contributed by atoms with E-state index < -0.39 is 14.3 Å². The molecular weight excluding hydrogens is 382 g/mol. The molecule has 1 aromatic carbocycles. The van der Waals surface area contributed by atoms with Crippen molar-refractivity contribution in [3.05, 3.63) is 47.5 Å². The number of carbonyl (C=O) groups excluding carboxylic acids is 2. The smallest absolute Gasteiger partial charge is 0.331 e. The van der Waals surface area contributed by atoms with E-state index in [9.17, 15) is 9.59 Å². The van der Waals surface area contributed by atoms with Gasteiger partial charge in [-0.15, -0.1) is 0 Å². The fourth-order valence-corrected chi connectivity index (χ4v) is 4.14. The van der Waals surface area contributed by atoms with E-state index in [0.29, 0.717) is 31.8 Å². The van der Waals surface area contributed by atoms with Gasteiger partial charge in [-0.05, 0) is 43.5 Å². The lowest BCUT2D eigenvalue weighted by molar-refractivity contribution is -0.138. The Balaban J connectivity index is 2.29. The number of benzene rings is 1. The van der Waals surface area contributed by atoms with Crippen LogP contribution < -0.4 is 0 Å². The summed E-state index contributed by atoms with van der Waals surface area (Å²) in [5, 5.41) is 0.0924. The Morgan fingerprint density at radius 1 is 1.24 bits per heavy atom. The molecule has 1 aliphatic heterocycles. The summed E-state index contributed by atoms with van der Waals surface area (Å²) < 4.78 is 11.5. The minimum Gasteiger partial charge on any atom is -0.463 e. The molecule has 0 saturated carbocycles. The van der Waals surface area contributed by atoms with Gasteiger partial charge in [-0.1, -0.05) is 51.1 Å². The molecular formula is C23H35NO4Si. The van der Waals surface area contributed by atoms with Crippen molar-refractivity contribution < 1.29 is 18.8 Å². The largest absolute Gasteiger partial charge is 0.463 e. The van der Waals surface area contributed by atoms with Crippen molar-refractivity contribution in [2.45, 2.75) is 64.7 Å². The van der Waals surface area contributed by atoms with Crippen LogP contribution >= 0.6 is 0 Å². The lowest BCUT2D eigenvalue weighted by atomic mass is 9.98. The molecule has 0 radical (unpaired) electrons. The summed E-state index contributed by atoms with van der Waals surface area (Å²) in [6.45, 7) is 14.2. The monoisotopic (exact) mass is 417 g/mol. The van der Waals surface area contributed by atoms with Crippen molar-refractivity contribution in [2.24, 2.45) is 0 Å². The van der Waals surface area contributed by atoms with Crippen molar-refractivity contribution in [3.63, 3.8) is 0 Å². The first-order valence-electron chi connectivity index (χ1n) is 10.4. The number of hydrogen-bond donors (Lipinski definition) is 0. The Morgan fingerprint density at radius 3 is 2.48 bits per heavy atom. The zero-order valence-corrected chi connectivity index (χ0v) is 19.7. The van der Waals surface area contributed by atoms with Crippen LogP contribution in [0.5, 0.6) is 0 Å². The molecule has 1 heterocycles. The highest BCUT2D eigenvalue weighted by molar-refractivity contribution is 6.74. The second-order valence-electron chi connectivity index (χ2n) is 9.02. The Hall–Kier alpha value is -1.92. The number of likely N-dealkylation sites (tertiary alicyclic amines) is 1. The first-order chi connectivity index (χ1) is 13.6. The maximum atomic E-state index is 13.2. The molecule has 29 heavy (non-hydrogen) atoms. The molecule has 0 bridgehead atoms. The van der Waals surface area contributed by atoms with Crippen molar-refractivity contribution in [1.82, 2.24) is 4.90 Å². The van der Waals surface area contributed by atoms with E-state index in [1.54, 1.807) is 6.92 Å². The highest BCUT2D eigenvalue weighted by atomic mass is 28.4. The minimum absolute atomic E-state index is 0.0924. The van der Waals surface area contributed by atoms with Crippen LogP contribution in [0.15, 0.2) is 42.0 Å². The van der Waals surface area contributed by atoms with Gasteiger partial charge in [0.25, 0.3) is 5.91 Å². The van der Waals surface area contributed by atoms with Gasteiger partial charge in [-0.2, -0.15) is 0 Å². The molecule has 5 nitrogen and oxygen atoms in total. The van der Waals surface area contributed by atoms with Gasteiger partial charge in [0.15, 0.2) is 8.32 Å². The van der Waals surface area contributed by atoms with E-state index in [4.69, 9.17) is 9.16 Å². The van der Waals surface area contributed by atoms with E-state index in [2.05, 4.69) is 33.9 Å². The Bertz CT molecular complexity index is 737. The van der Waals surface area contributed by atoms with E-state index >= 15 is 0 Å². The standard InChI is InChI=1S/C23H35NO4Si/c1-7-27-21(25)16-19-14-11-15-24(22(19)26)20(18-12-9-8-10-13-18)17-28-29(5,6)23(2,3)4/h8-10,12-13,16,20H,7,11,14-15,17H2,1-6H3/b19-16-. The minimum atomic E-state index is -1.97. The summed E-state index contributed by atoms with van der Waals surface area (Å²) in [6, 6.07) is 9.84. The highest BCUT2D eigenvalue weighted by Crippen LogP contribution is 2.38. The molecule has 1 unspecified atom stereocenters. The van der Waals surface area contributed by atoms with Crippen molar-refractivity contribution in [2.75, 3.05) is 19.8 Å². The number of ether oxygens (including phenoxy) is 1. The molecule has 0 N–H and O–H groups in total. The molecule has 160 valence electrons. The third-order valence-electron chi connectivity index (χ3n) is 5.93. The van der Waals surface area contributed by atoms with Crippen LogP contribution in [0.4, 0.5) is 0 Å². The lowest BCUT2D eigenvalue weighted by Gasteiger charge is -2.40. The second kappa shape index (κ2) is 9.72. The van der Waals surface area contributed by atoms with Crippen molar-refractivity contribution >= 4 is 20.2 Å². The van der Waals surface area contributed by atoms with Crippen LogP contribution in [0.1, 0.15) is 52.1 Å². The molecule has 0 spiro atoms. The zero-order chi connectivity index (χ0) is 21.7. The van der Waals surface area contributed by atoms with Crippen molar-refractivity contribution in [3.8, 4) is 0 Å². The third kappa shape index (κ3) is 6.03.